The molecule has 0 aliphatic heterocycles. The van der Waals surface area contributed by atoms with Crippen molar-refractivity contribution in [2.75, 3.05) is 7.11 Å². The predicted octanol–water partition coefficient (Wildman–Crippen LogP) is 2.33. The van der Waals surface area contributed by atoms with E-state index in [1.54, 1.807) is 7.11 Å². The van der Waals surface area contributed by atoms with Crippen molar-refractivity contribution in [2.45, 2.75) is 78.0 Å². The molecule has 1 atom stereocenters. The van der Waals surface area contributed by atoms with Crippen LogP contribution in [0, 0.1) is 0 Å². The molecule has 0 saturated heterocycles. The maximum atomic E-state index is 11.5. The van der Waals surface area contributed by atoms with Crippen LogP contribution < -0.4 is 5.32 Å². The van der Waals surface area contributed by atoms with Crippen LogP contribution in [0.4, 0.5) is 0 Å². The summed E-state index contributed by atoms with van der Waals surface area (Å²) in [6.45, 7) is 6.91. The number of ether oxygens (including phenoxy) is 1. The van der Waals surface area contributed by atoms with E-state index in [9.17, 15) is 4.79 Å². The molecular formula is C16H30N4O2. The van der Waals surface area contributed by atoms with Gasteiger partial charge in [0.25, 0.3) is 0 Å². The second kappa shape index (κ2) is 10.3. The van der Waals surface area contributed by atoms with Crippen LogP contribution >= 0.6 is 0 Å². The number of nitrogens with one attached hydrogen (secondary N) is 1. The maximum Gasteiger partial charge on any atom is 0.220 e. The van der Waals surface area contributed by atoms with Crippen LogP contribution in [0.2, 0.25) is 0 Å². The Bertz CT molecular complexity index is 428. The molecule has 0 fully saturated rings. The fourth-order valence-electron chi connectivity index (χ4n) is 2.30. The first kappa shape index (κ1) is 18.6. The fraction of sp³-hybridized carbons (Fsp3) is 0.812. The zero-order chi connectivity index (χ0) is 16.4. The highest BCUT2D eigenvalue weighted by Crippen LogP contribution is 2.07. The molecule has 1 rings (SSSR count). The molecule has 1 unspecified atom stereocenters. The molecule has 1 heterocycles. The Morgan fingerprint density at radius 1 is 1.36 bits per heavy atom. The van der Waals surface area contributed by atoms with Crippen molar-refractivity contribution < 1.29 is 9.53 Å². The third kappa shape index (κ3) is 7.54. The summed E-state index contributed by atoms with van der Waals surface area (Å²) in [6.07, 6.45) is 7.55. The molecule has 1 aromatic heterocycles. The lowest BCUT2D eigenvalue weighted by molar-refractivity contribution is -0.121. The van der Waals surface area contributed by atoms with Gasteiger partial charge in [-0.3, -0.25) is 9.48 Å². The number of aryl methyl sites for hydroxylation is 1. The lowest BCUT2D eigenvalue weighted by Gasteiger charge is -2.09. The van der Waals surface area contributed by atoms with Crippen molar-refractivity contribution in [3.63, 3.8) is 0 Å². The van der Waals surface area contributed by atoms with Gasteiger partial charge in [0.1, 0.15) is 0 Å². The van der Waals surface area contributed by atoms with Gasteiger partial charge in [0, 0.05) is 38.7 Å². The highest BCUT2D eigenvalue weighted by atomic mass is 16.5. The molecule has 1 N–H and O–H groups in total. The topological polar surface area (TPSA) is 69.0 Å². The average molecular weight is 310 g/mol. The van der Waals surface area contributed by atoms with Gasteiger partial charge >= 0.3 is 0 Å². The van der Waals surface area contributed by atoms with Crippen LogP contribution in [0.15, 0.2) is 6.20 Å². The Balaban J connectivity index is 2.18. The fourth-order valence-corrected chi connectivity index (χ4v) is 2.30. The van der Waals surface area contributed by atoms with E-state index in [4.69, 9.17) is 4.74 Å². The van der Waals surface area contributed by atoms with Gasteiger partial charge in [-0.1, -0.05) is 18.6 Å². The molecule has 6 heteroatoms. The number of nitrogens with zero attached hydrogens (tertiary/aromatic N) is 3. The maximum absolute atomic E-state index is 11.5. The summed E-state index contributed by atoms with van der Waals surface area (Å²) in [6, 6.07) is 0.222. The number of carbonyl (C=O) groups excluding carboxylic acids is 1. The molecule has 0 radical (unpaired) electrons. The highest BCUT2D eigenvalue weighted by Gasteiger charge is 2.09. The Kier molecular flexibility index (Phi) is 8.74. The molecule has 126 valence electrons. The number of rotatable bonds is 11. The zero-order valence-corrected chi connectivity index (χ0v) is 14.3. The largest absolute Gasteiger partial charge is 0.381 e. The van der Waals surface area contributed by atoms with Crippen LogP contribution in [0.3, 0.4) is 0 Å². The summed E-state index contributed by atoms with van der Waals surface area (Å²) in [5.74, 6) is 0.142. The van der Waals surface area contributed by atoms with Gasteiger partial charge in [0.2, 0.25) is 5.91 Å². The molecule has 0 spiro atoms. The lowest BCUT2D eigenvalue weighted by Crippen LogP contribution is -2.29. The van der Waals surface area contributed by atoms with Crippen molar-refractivity contribution >= 4 is 5.91 Å². The van der Waals surface area contributed by atoms with Crippen LogP contribution in [0.25, 0.3) is 0 Å². The molecule has 0 saturated carbocycles. The molecule has 0 aliphatic rings. The minimum Gasteiger partial charge on any atom is -0.381 e. The van der Waals surface area contributed by atoms with Crippen LogP contribution in [-0.4, -0.2) is 40.2 Å². The normalized spacial score (nSPS) is 12.6. The second-order valence-corrected chi connectivity index (χ2v) is 5.98. The summed E-state index contributed by atoms with van der Waals surface area (Å²) < 4.78 is 7.24. The van der Waals surface area contributed by atoms with Gasteiger partial charge in [0.15, 0.2) is 0 Å². The summed E-state index contributed by atoms with van der Waals surface area (Å²) in [5.41, 5.74) is 0.977. The first-order valence-corrected chi connectivity index (χ1v) is 8.26. The number of carbonyl (C=O) groups is 1. The molecule has 0 aliphatic carbocycles. The molecule has 0 bridgehead atoms. The van der Waals surface area contributed by atoms with E-state index in [1.165, 1.54) is 0 Å². The third-order valence-electron chi connectivity index (χ3n) is 3.55. The van der Waals surface area contributed by atoms with E-state index in [-0.39, 0.29) is 18.1 Å². The van der Waals surface area contributed by atoms with Gasteiger partial charge in [-0.25, -0.2) is 0 Å². The van der Waals surface area contributed by atoms with Gasteiger partial charge in [-0.2, -0.15) is 0 Å². The molecular weight excluding hydrogens is 280 g/mol. The number of aromatic nitrogens is 3. The molecule has 22 heavy (non-hydrogen) atoms. The van der Waals surface area contributed by atoms with Gasteiger partial charge in [0.05, 0.1) is 11.8 Å². The number of unbranched alkanes of at least 4 members (excludes halogenated alkanes) is 2. The monoisotopic (exact) mass is 310 g/mol. The molecule has 0 aromatic carbocycles. The first-order valence-electron chi connectivity index (χ1n) is 8.26. The number of hydrogen-bond donors (Lipinski definition) is 1. The summed E-state index contributed by atoms with van der Waals surface area (Å²) in [4.78, 5) is 11.5. The summed E-state index contributed by atoms with van der Waals surface area (Å²) >= 11 is 0. The number of amides is 1. The highest BCUT2D eigenvalue weighted by molar-refractivity contribution is 5.76. The van der Waals surface area contributed by atoms with Gasteiger partial charge in [-0.05, 0) is 33.1 Å². The van der Waals surface area contributed by atoms with E-state index in [0.29, 0.717) is 6.42 Å². The van der Waals surface area contributed by atoms with Crippen LogP contribution in [0.5, 0.6) is 0 Å². The minimum absolute atomic E-state index is 0.142. The standard InChI is InChI=1S/C16H30N4O2/c1-5-15(22-4)11-14-12-20(19-18-14)10-8-6-7-9-16(21)17-13(2)3/h12-13,15H,5-11H2,1-4H3,(H,17,21). The molecule has 1 aromatic rings. The van der Waals surface area contributed by atoms with E-state index in [2.05, 4.69) is 22.6 Å². The van der Waals surface area contributed by atoms with E-state index in [1.807, 2.05) is 24.7 Å². The first-order chi connectivity index (χ1) is 10.5. The lowest BCUT2D eigenvalue weighted by atomic mass is 10.1. The van der Waals surface area contributed by atoms with Crippen LogP contribution in [0.1, 0.15) is 58.6 Å². The number of methoxy groups -OCH3 is 1. The third-order valence-corrected chi connectivity index (χ3v) is 3.55. The molecule has 6 nitrogen and oxygen atoms in total. The minimum atomic E-state index is 0.142. The van der Waals surface area contributed by atoms with E-state index < -0.39 is 0 Å². The SMILES string of the molecule is CCC(Cc1cn(CCCCCC(=O)NC(C)C)nn1)OC. The quantitative estimate of drug-likeness (QED) is 0.637. The van der Waals surface area contributed by atoms with Crippen molar-refractivity contribution in [1.82, 2.24) is 20.3 Å². The summed E-state index contributed by atoms with van der Waals surface area (Å²) in [5, 5.41) is 11.2. The van der Waals surface area contributed by atoms with E-state index in [0.717, 1.165) is 44.3 Å². The van der Waals surface area contributed by atoms with E-state index >= 15 is 0 Å². The Hall–Kier alpha value is -1.43. The average Bonchev–Trinajstić information content (AvgIpc) is 2.91. The zero-order valence-electron chi connectivity index (χ0n) is 14.3. The Morgan fingerprint density at radius 3 is 2.77 bits per heavy atom. The van der Waals surface area contributed by atoms with Gasteiger partial charge < -0.3 is 10.1 Å². The van der Waals surface area contributed by atoms with Crippen molar-refractivity contribution in [3.8, 4) is 0 Å². The summed E-state index contributed by atoms with van der Waals surface area (Å²) in [7, 11) is 1.73. The predicted molar refractivity (Wildman–Crippen MR) is 86.6 cm³/mol. The van der Waals surface area contributed by atoms with Crippen molar-refractivity contribution in [1.29, 1.82) is 0 Å². The smallest absolute Gasteiger partial charge is 0.220 e. The van der Waals surface area contributed by atoms with Crippen molar-refractivity contribution in [3.05, 3.63) is 11.9 Å². The Labute approximate surface area is 133 Å². The second-order valence-electron chi connectivity index (χ2n) is 5.98. The van der Waals surface area contributed by atoms with Gasteiger partial charge in [-0.15, -0.1) is 5.10 Å². The Morgan fingerprint density at radius 2 is 2.14 bits per heavy atom. The van der Waals surface area contributed by atoms with Crippen LogP contribution in [-0.2, 0) is 22.5 Å². The molecule has 1 amide bonds. The number of hydrogen-bond acceptors (Lipinski definition) is 4. The van der Waals surface area contributed by atoms with Crippen molar-refractivity contribution in [2.24, 2.45) is 0 Å².